The average Bonchev–Trinajstić information content (AvgIpc) is 3.54. The molecular weight excluding hydrogens is 424 g/mol. The number of likely N-dealkylation sites (tertiary alicyclic amines) is 1. The fraction of sp³-hybridized carbons (Fsp3) is 0.320. The first-order valence-corrected chi connectivity index (χ1v) is 12.1. The Morgan fingerprint density at radius 2 is 1.97 bits per heavy atom. The fourth-order valence-corrected chi connectivity index (χ4v) is 4.91. The number of nitrogen functional groups attached to an aromatic ring is 1. The number of allylic oxidation sites excluding steroid dienone is 4. The van der Waals surface area contributed by atoms with E-state index in [9.17, 15) is 0 Å². The Morgan fingerprint density at radius 1 is 1.19 bits per heavy atom. The van der Waals surface area contributed by atoms with Gasteiger partial charge in [0.15, 0.2) is 0 Å². The van der Waals surface area contributed by atoms with E-state index < -0.39 is 0 Å². The van der Waals surface area contributed by atoms with Crippen molar-refractivity contribution in [3.05, 3.63) is 76.1 Å². The predicted molar refractivity (Wildman–Crippen MR) is 134 cm³/mol. The van der Waals surface area contributed by atoms with Crippen LogP contribution in [0.3, 0.4) is 0 Å². The van der Waals surface area contributed by atoms with Crippen LogP contribution in [0.2, 0.25) is 4.34 Å². The zero-order valence-electron chi connectivity index (χ0n) is 18.0. The highest BCUT2D eigenvalue weighted by atomic mass is 35.5. The second kappa shape index (κ2) is 9.75. The molecule has 0 radical (unpaired) electrons. The number of rotatable bonds is 7. The summed E-state index contributed by atoms with van der Waals surface area (Å²) >= 11 is 7.67. The summed E-state index contributed by atoms with van der Waals surface area (Å²) in [6.45, 7) is 8.30. The van der Waals surface area contributed by atoms with Crippen LogP contribution >= 0.6 is 22.9 Å². The van der Waals surface area contributed by atoms with Gasteiger partial charge in [-0.2, -0.15) is 0 Å². The first-order valence-electron chi connectivity index (χ1n) is 10.9. The third kappa shape index (κ3) is 5.05. The molecular formula is C25H29ClN4S. The number of thiophene rings is 1. The molecule has 0 spiro atoms. The van der Waals surface area contributed by atoms with Gasteiger partial charge in [0, 0.05) is 13.1 Å². The molecule has 2 aliphatic rings. The predicted octanol–water partition coefficient (Wildman–Crippen LogP) is 6.60. The molecule has 162 valence electrons. The number of aromatic nitrogens is 1. The van der Waals surface area contributed by atoms with Crippen molar-refractivity contribution in [1.29, 1.82) is 0 Å². The molecule has 4 rings (SSSR count). The van der Waals surface area contributed by atoms with Crippen molar-refractivity contribution in [2.24, 2.45) is 0 Å². The van der Waals surface area contributed by atoms with E-state index in [-0.39, 0.29) is 0 Å². The minimum Gasteiger partial charge on any atom is -0.397 e. The van der Waals surface area contributed by atoms with Crippen LogP contribution < -0.4 is 11.1 Å². The zero-order chi connectivity index (χ0) is 21.8. The molecule has 2 aromatic heterocycles. The topological polar surface area (TPSA) is 54.2 Å². The number of nitrogens with zero attached hydrogens (tertiary/aromatic N) is 2. The molecule has 0 bridgehead atoms. The lowest BCUT2D eigenvalue weighted by atomic mass is 10.1. The van der Waals surface area contributed by atoms with Gasteiger partial charge in [0.05, 0.1) is 37.7 Å². The summed E-state index contributed by atoms with van der Waals surface area (Å²) in [5.74, 6) is 0. The van der Waals surface area contributed by atoms with Crippen molar-refractivity contribution in [2.45, 2.75) is 39.0 Å². The molecule has 4 nitrogen and oxygen atoms in total. The maximum atomic E-state index is 6.41. The van der Waals surface area contributed by atoms with Crippen molar-refractivity contribution >= 4 is 34.3 Å². The Balaban J connectivity index is 1.73. The van der Waals surface area contributed by atoms with Crippen LogP contribution in [0.4, 0.5) is 5.69 Å². The van der Waals surface area contributed by atoms with Gasteiger partial charge in [-0.1, -0.05) is 24.3 Å². The number of pyridine rings is 1. The van der Waals surface area contributed by atoms with Crippen molar-refractivity contribution in [3.8, 4) is 10.6 Å². The van der Waals surface area contributed by atoms with E-state index in [2.05, 4.69) is 35.9 Å². The molecule has 0 atom stereocenters. The highest BCUT2D eigenvalue weighted by Gasteiger charge is 2.24. The highest BCUT2D eigenvalue weighted by molar-refractivity contribution is 7.19. The maximum absolute atomic E-state index is 6.41. The third-order valence-electron chi connectivity index (χ3n) is 5.60. The normalized spacial score (nSPS) is 17.0. The molecule has 31 heavy (non-hydrogen) atoms. The molecule has 1 aliphatic heterocycles. The molecule has 2 aromatic rings. The number of hydrogen-bond acceptors (Lipinski definition) is 5. The Kier molecular flexibility index (Phi) is 6.83. The first-order chi connectivity index (χ1) is 15.1. The Bertz CT molecular complexity index is 1050. The van der Waals surface area contributed by atoms with Gasteiger partial charge < -0.3 is 16.0 Å². The quantitative estimate of drug-likeness (QED) is 0.464. The van der Waals surface area contributed by atoms with Gasteiger partial charge in [0.1, 0.15) is 5.69 Å². The Morgan fingerprint density at radius 3 is 2.58 bits per heavy atom. The van der Waals surface area contributed by atoms with Gasteiger partial charge in [-0.25, -0.2) is 4.98 Å². The number of hydrogen-bond donors (Lipinski definition) is 2. The summed E-state index contributed by atoms with van der Waals surface area (Å²) in [4.78, 5) is 8.42. The summed E-state index contributed by atoms with van der Waals surface area (Å²) in [6.07, 6.45) is 12.0. The lowest BCUT2D eigenvalue weighted by Crippen LogP contribution is -2.31. The fourth-order valence-electron chi connectivity index (χ4n) is 3.90. The summed E-state index contributed by atoms with van der Waals surface area (Å²) in [6, 6.07) is 7.80. The van der Waals surface area contributed by atoms with E-state index in [1.54, 1.807) is 0 Å². The van der Waals surface area contributed by atoms with E-state index in [0.717, 1.165) is 57.9 Å². The number of nitrogens with one attached hydrogen (secondary N) is 1. The molecule has 3 heterocycles. The molecule has 2 fully saturated rings. The Hall–Kier alpha value is -2.50. The molecule has 3 N–H and O–H groups in total. The van der Waals surface area contributed by atoms with Gasteiger partial charge >= 0.3 is 0 Å². The third-order valence-corrected chi connectivity index (χ3v) is 6.86. The van der Waals surface area contributed by atoms with Gasteiger partial charge in [0.25, 0.3) is 0 Å². The van der Waals surface area contributed by atoms with E-state index >= 15 is 0 Å². The number of piperidine rings is 1. The zero-order valence-corrected chi connectivity index (χ0v) is 19.5. The minimum absolute atomic E-state index is 0.669. The summed E-state index contributed by atoms with van der Waals surface area (Å²) in [7, 11) is 0. The molecule has 0 aromatic carbocycles. The van der Waals surface area contributed by atoms with E-state index in [4.69, 9.17) is 22.3 Å². The van der Waals surface area contributed by atoms with E-state index in [1.165, 1.54) is 41.9 Å². The molecule has 1 saturated heterocycles. The largest absolute Gasteiger partial charge is 0.397 e. The van der Waals surface area contributed by atoms with Crippen molar-refractivity contribution in [1.82, 2.24) is 15.2 Å². The van der Waals surface area contributed by atoms with Crippen LogP contribution in [-0.4, -0.2) is 23.0 Å². The van der Waals surface area contributed by atoms with Crippen molar-refractivity contribution < 1.29 is 0 Å². The molecule has 1 saturated carbocycles. The highest BCUT2D eigenvalue weighted by Crippen LogP contribution is 2.38. The van der Waals surface area contributed by atoms with Gasteiger partial charge in [-0.3, -0.25) is 0 Å². The number of anilines is 1. The molecule has 1 aliphatic carbocycles. The van der Waals surface area contributed by atoms with Crippen LogP contribution in [0.5, 0.6) is 0 Å². The number of nitrogens with two attached hydrogens (primary N) is 1. The standard InChI is InChI=1S/C25H29ClN4S/c1-3-8-21(30-15-6-5-7-16-30)19(4-2)28-24(17-9-10-17)25-18(27)11-12-20(29-25)22-13-14-23(26)31-22/h3-4,8,11-14,28H,2,5-7,9-10,15-16,27H2,1H3/b8-3-,21-19-. The van der Waals surface area contributed by atoms with Gasteiger partial charge in [-0.15, -0.1) is 11.3 Å². The smallest absolute Gasteiger partial charge is 0.110 e. The summed E-state index contributed by atoms with van der Waals surface area (Å²) < 4.78 is 0.753. The summed E-state index contributed by atoms with van der Waals surface area (Å²) in [5.41, 5.74) is 13.3. The maximum Gasteiger partial charge on any atom is 0.110 e. The van der Waals surface area contributed by atoms with Crippen LogP contribution in [0.1, 0.15) is 44.7 Å². The van der Waals surface area contributed by atoms with E-state index in [0.29, 0.717) is 5.69 Å². The summed E-state index contributed by atoms with van der Waals surface area (Å²) in [5, 5.41) is 3.67. The van der Waals surface area contributed by atoms with Gasteiger partial charge in [-0.05, 0) is 81.0 Å². The Labute approximate surface area is 193 Å². The average molecular weight is 453 g/mol. The number of halogens is 1. The van der Waals surface area contributed by atoms with Crippen LogP contribution in [0.15, 0.2) is 66.0 Å². The second-order valence-electron chi connectivity index (χ2n) is 7.89. The lowest BCUT2D eigenvalue weighted by molar-refractivity contribution is 0.290. The minimum atomic E-state index is 0.669. The second-order valence-corrected chi connectivity index (χ2v) is 9.61. The van der Waals surface area contributed by atoms with Crippen molar-refractivity contribution in [3.63, 3.8) is 0 Å². The van der Waals surface area contributed by atoms with Crippen molar-refractivity contribution in [2.75, 3.05) is 18.8 Å². The van der Waals surface area contributed by atoms with Crippen LogP contribution in [0.25, 0.3) is 16.3 Å². The molecule has 0 amide bonds. The van der Waals surface area contributed by atoms with Crippen LogP contribution in [0, 0.1) is 0 Å². The first kappa shape index (κ1) is 21.7. The van der Waals surface area contributed by atoms with Crippen LogP contribution in [-0.2, 0) is 0 Å². The molecule has 6 heteroatoms. The molecule has 0 unspecified atom stereocenters. The SMILES string of the molecule is C=C/C(NC(=C1CC1)c1nc(-c2ccc(Cl)s2)ccc1N)=C(\C=C/C)N1CCCCC1. The monoisotopic (exact) mass is 452 g/mol. The van der Waals surface area contributed by atoms with Gasteiger partial charge in [0.2, 0.25) is 0 Å². The lowest BCUT2D eigenvalue weighted by Gasteiger charge is -2.31. The van der Waals surface area contributed by atoms with E-state index in [1.807, 2.05) is 30.3 Å².